The van der Waals surface area contributed by atoms with Gasteiger partial charge in [0.15, 0.2) is 0 Å². The van der Waals surface area contributed by atoms with Gasteiger partial charge in [0.2, 0.25) is 0 Å². The molecule has 0 N–H and O–H groups in total. The zero-order valence-corrected chi connectivity index (χ0v) is 7.64. The average molecular weight is 168 g/mol. The molecule has 2 fully saturated rings. The average Bonchev–Trinajstić information content (AvgIpc) is 2.76. The van der Waals surface area contributed by atoms with E-state index in [4.69, 9.17) is 4.74 Å². The Bertz CT molecular complexity index is 200. The van der Waals surface area contributed by atoms with Gasteiger partial charge in [0, 0.05) is 0 Å². The summed E-state index contributed by atoms with van der Waals surface area (Å²) in [6, 6.07) is 0. The highest BCUT2D eigenvalue weighted by Gasteiger charge is 2.60. The summed E-state index contributed by atoms with van der Waals surface area (Å²) >= 11 is 0. The summed E-state index contributed by atoms with van der Waals surface area (Å²) in [5, 5.41) is 0. The molecule has 2 aliphatic carbocycles. The first-order valence-corrected chi connectivity index (χ1v) is 4.88. The second-order valence-corrected chi connectivity index (χ2v) is 4.15. The smallest absolute Gasteiger partial charge is 0.312 e. The number of rotatable bonds is 1. The van der Waals surface area contributed by atoms with E-state index in [0.717, 1.165) is 12.8 Å². The van der Waals surface area contributed by atoms with Gasteiger partial charge in [-0.1, -0.05) is 19.3 Å². The Morgan fingerprint density at radius 2 is 2.25 bits per heavy atom. The van der Waals surface area contributed by atoms with Gasteiger partial charge >= 0.3 is 5.97 Å². The molecule has 0 aromatic heterocycles. The largest absolute Gasteiger partial charge is 0.469 e. The van der Waals surface area contributed by atoms with E-state index in [0.29, 0.717) is 5.92 Å². The zero-order chi connectivity index (χ0) is 8.60. The van der Waals surface area contributed by atoms with Crippen LogP contribution < -0.4 is 0 Å². The first-order chi connectivity index (χ1) is 5.79. The molecule has 2 unspecified atom stereocenters. The maximum absolute atomic E-state index is 11.5. The van der Waals surface area contributed by atoms with Crippen molar-refractivity contribution in [3.05, 3.63) is 0 Å². The molecule has 0 saturated heterocycles. The van der Waals surface area contributed by atoms with Crippen molar-refractivity contribution in [3.8, 4) is 0 Å². The summed E-state index contributed by atoms with van der Waals surface area (Å²) in [5.41, 5.74) is -0.0226. The number of hydrogen-bond donors (Lipinski definition) is 0. The van der Waals surface area contributed by atoms with Crippen LogP contribution in [0.15, 0.2) is 0 Å². The summed E-state index contributed by atoms with van der Waals surface area (Å²) in [5.74, 6) is 0.710. The summed E-state index contributed by atoms with van der Waals surface area (Å²) in [4.78, 5) is 11.5. The predicted molar refractivity (Wildman–Crippen MR) is 45.6 cm³/mol. The lowest BCUT2D eigenvalue weighted by Gasteiger charge is -2.11. The first-order valence-electron chi connectivity index (χ1n) is 4.88. The molecule has 2 nitrogen and oxygen atoms in total. The molecule has 0 heterocycles. The van der Waals surface area contributed by atoms with E-state index < -0.39 is 0 Å². The first kappa shape index (κ1) is 8.09. The fraction of sp³-hybridized carbons (Fsp3) is 0.900. The molecular formula is C10H16O2. The van der Waals surface area contributed by atoms with Crippen molar-refractivity contribution in [3.63, 3.8) is 0 Å². The lowest BCUT2D eigenvalue weighted by Crippen LogP contribution is -2.19. The Balaban J connectivity index is 2.06. The Morgan fingerprint density at radius 1 is 1.42 bits per heavy atom. The molecule has 68 valence electrons. The topological polar surface area (TPSA) is 26.3 Å². The summed E-state index contributed by atoms with van der Waals surface area (Å²) in [6.45, 7) is 0. The molecule has 2 rings (SSSR count). The van der Waals surface area contributed by atoms with Gasteiger partial charge in [0.1, 0.15) is 0 Å². The zero-order valence-electron chi connectivity index (χ0n) is 7.64. The van der Waals surface area contributed by atoms with Crippen molar-refractivity contribution < 1.29 is 9.53 Å². The van der Waals surface area contributed by atoms with E-state index in [2.05, 4.69) is 0 Å². The number of methoxy groups -OCH3 is 1. The third-order valence-electron chi connectivity index (χ3n) is 3.50. The van der Waals surface area contributed by atoms with Gasteiger partial charge in [-0.3, -0.25) is 4.79 Å². The van der Waals surface area contributed by atoms with Crippen LogP contribution in [0.25, 0.3) is 0 Å². The van der Waals surface area contributed by atoms with Gasteiger partial charge in [-0.15, -0.1) is 0 Å². The van der Waals surface area contributed by atoms with Gasteiger partial charge in [-0.25, -0.2) is 0 Å². The van der Waals surface area contributed by atoms with Crippen molar-refractivity contribution in [2.45, 2.75) is 38.5 Å². The number of carbonyl (C=O) groups is 1. The number of carbonyl (C=O) groups excluding carboxylic acids is 1. The van der Waals surface area contributed by atoms with Crippen molar-refractivity contribution in [2.75, 3.05) is 7.11 Å². The number of fused-ring (bicyclic) bond motifs is 1. The van der Waals surface area contributed by atoms with Gasteiger partial charge in [-0.05, 0) is 25.2 Å². The second kappa shape index (κ2) is 2.75. The minimum atomic E-state index is -0.0226. The Labute approximate surface area is 73.3 Å². The van der Waals surface area contributed by atoms with Crippen LogP contribution in [-0.4, -0.2) is 13.1 Å². The van der Waals surface area contributed by atoms with Crippen molar-refractivity contribution >= 4 is 5.97 Å². The molecule has 0 aromatic rings. The van der Waals surface area contributed by atoms with Gasteiger partial charge in [0.25, 0.3) is 0 Å². The van der Waals surface area contributed by atoms with Gasteiger partial charge < -0.3 is 4.74 Å². The van der Waals surface area contributed by atoms with E-state index in [1.807, 2.05) is 0 Å². The van der Waals surface area contributed by atoms with Crippen LogP contribution in [0.1, 0.15) is 38.5 Å². The van der Waals surface area contributed by atoms with E-state index in [9.17, 15) is 4.79 Å². The molecule has 2 aliphatic rings. The molecule has 0 bridgehead atoms. The molecule has 0 aromatic carbocycles. The standard InChI is InChI=1S/C10H16O2/c1-12-9(11)10-6-4-2-3-5-8(10)7-10/h8H,2-7H2,1H3. The Kier molecular flexibility index (Phi) is 1.85. The quantitative estimate of drug-likeness (QED) is 0.561. The van der Waals surface area contributed by atoms with Crippen LogP contribution >= 0.6 is 0 Å². The highest BCUT2D eigenvalue weighted by Crippen LogP contribution is 2.60. The van der Waals surface area contributed by atoms with E-state index in [-0.39, 0.29) is 11.4 Å². The van der Waals surface area contributed by atoms with E-state index >= 15 is 0 Å². The van der Waals surface area contributed by atoms with Gasteiger partial charge in [0.05, 0.1) is 12.5 Å². The fourth-order valence-corrected chi connectivity index (χ4v) is 2.63. The van der Waals surface area contributed by atoms with E-state index in [1.54, 1.807) is 0 Å². The fourth-order valence-electron chi connectivity index (χ4n) is 2.63. The highest BCUT2D eigenvalue weighted by atomic mass is 16.5. The van der Waals surface area contributed by atoms with Crippen LogP contribution in [-0.2, 0) is 9.53 Å². The predicted octanol–water partition coefficient (Wildman–Crippen LogP) is 2.13. The molecule has 0 aliphatic heterocycles. The maximum Gasteiger partial charge on any atom is 0.312 e. The Morgan fingerprint density at radius 3 is 3.00 bits per heavy atom. The molecule has 12 heavy (non-hydrogen) atoms. The summed E-state index contributed by atoms with van der Waals surface area (Å²) in [7, 11) is 1.51. The number of esters is 1. The molecule has 2 heteroatoms. The van der Waals surface area contributed by atoms with Crippen LogP contribution in [0.5, 0.6) is 0 Å². The van der Waals surface area contributed by atoms with Crippen molar-refractivity contribution in [1.82, 2.24) is 0 Å². The number of hydrogen-bond acceptors (Lipinski definition) is 2. The molecule has 2 atom stereocenters. The van der Waals surface area contributed by atoms with Crippen LogP contribution in [0.4, 0.5) is 0 Å². The van der Waals surface area contributed by atoms with Crippen LogP contribution in [0, 0.1) is 11.3 Å². The number of ether oxygens (including phenoxy) is 1. The van der Waals surface area contributed by atoms with Crippen molar-refractivity contribution in [2.24, 2.45) is 11.3 Å². The lowest BCUT2D eigenvalue weighted by molar-refractivity contribution is -0.148. The van der Waals surface area contributed by atoms with Crippen LogP contribution in [0.3, 0.4) is 0 Å². The minimum absolute atomic E-state index is 0.0226. The highest BCUT2D eigenvalue weighted by molar-refractivity contribution is 5.80. The monoisotopic (exact) mass is 168 g/mol. The second-order valence-electron chi connectivity index (χ2n) is 4.15. The summed E-state index contributed by atoms with van der Waals surface area (Å²) in [6.07, 6.45) is 7.24. The van der Waals surface area contributed by atoms with Gasteiger partial charge in [-0.2, -0.15) is 0 Å². The Hall–Kier alpha value is -0.530. The normalized spacial score (nSPS) is 39.6. The SMILES string of the molecule is COC(=O)C12CCCCCC1C2. The third kappa shape index (κ3) is 1.05. The molecular weight excluding hydrogens is 152 g/mol. The molecule has 0 radical (unpaired) electrons. The minimum Gasteiger partial charge on any atom is -0.469 e. The molecule has 2 saturated carbocycles. The molecule has 0 amide bonds. The lowest BCUT2D eigenvalue weighted by atomic mass is 9.98. The van der Waals surface area contributed by atoms with E-state index in [1.165, 1.54) is 32.8 Å². The van der Waals surface area contributed by atoms with Crippen LogP contribution in [0.2, 0.25) is 0 Å². The molecule has 0 spiro atoms. The van der Waals surface area contributed by atoms with Crippen molar-refractivity contribution in [1.29, 1.82) is 0 Å². The third-order valence-corrected chi connectivity index (χ3v) is 3.50. The summed E-state index contributed by atoms with van der Waals surface area (Å²) < 4.78 is 4.85. The maximum atomic E-state index is 11.5.